The predicted octanol–water partition coefficient (Wildman–Crippen LogP) is 0.473. The minimum absolute atomic E-state index is 0.112. The summed E-state index contributed by atoms with van der Waals surface area (Å²) in [5, 5.41) is 12.1. The average molecular weight is 288 g/mol. The molecular weight excluding hydrogens is 268 g/mol. The van der Waals surface area contributed by atoms with Crippen LogP contribution in [-0.2, 0) is 9.53 Å². The molecule has 0 aromatic heterocycles. The smallest absolute Gasteiger partial charge is 0.408 e. The number of rotatable bonds is 3. The number of amides is 1. The molecule has 0 radical (unpaired) electrons. The highest BCUT2D eigenvalue weighted by Crippen LogP contribution is 2.17. The molecule has 6 nitrogen and oxygen atoms in total. The molecule has 1 fully saturated rings. The Morgan fingerprint density at radius 1 is 1.58 bits per heavy atom. The lowest BCUT2D eigenvalue weighted by Gasteiger charge is -2.25. The van der Waals surface area contributed by atoms with Gasteiger partial charge >= 0.3 is 6.09 Å². The molecule has 1 aliphatic heterocycles. The molecule has 1 saturated heterocycles. The number of carbonyl (C=O) groups excluding carboxylic acids is 2. The minimum Gasteiger partial charge on any atom is -0.444 e. The Morgan fingerprint density at radius 3 is 2.74 bits per heavy atom. The molecular formula is C12H20N2O4S. The quantitative estimate of drug-likeness (QED) is 0.581. The molecule has 0 aromatic carbocycles. The third-order valence-corrected chi connectivity index (χ3v) is 3.04. The van der Waals surface area contributed by atoms with Gasteiger partial charge in [-0.15, -0.1) is 0 Å². The number of nitrogens with one attached hydrogen (secondary N) is 1. The fourth-order valence-electron chi connectivity index (χ4n) is 1.82. The molecule has 7 heteroatoms. The van der Waals surface area contributed by atoms with Crippen molar-refractivity contribution in [2.24, 2.45) is 0 Å². The summed E-state index contributed by atoms with van der Waals surface area (Å²) >= 11 is 5.16. The topological polar surface area (TPSA) is 78.9 Å². The largest absolute Gasteiger partial charge is 0.444 e. The number of carbonyl (C=O) groups is 2. The lowest BCUT2D eigenvalue weighted by Crippen LogP contribution is -2.45. The first kappa shape index (κ1) is 15.8. The maximum Gasteiger partial charge on any atom is 0.408 e. The summed E-state index contributed by atoms with van der Waals surface area (Å²) in [6.45, 7) is 5.93. The van der Waals surface area contributed by atoms with Crippen LogP contribution in [-0.4, -0.2) is 58.2 Å². The summed E-state index contributed by atoms with van der Waals surface area (Å²) in [6.07, 6.45) is -0.0813. The van der Waals surface area contributed by atoms with E-state index in [2.05, 4.69) is 5.32 Å². The van der Waals surface area contributed by atoms with Crippen LogP contribution >= 0.6 is 12.2 Å². The highest BCUT2D eigenvalue weighted by atomic mass is 32.1. The zero-order valence-electron chi connectivity index (χ0n) is 11.4. The monoisotopic (exact) mass is 288 g/mol. The normalized spacial score (nSPS) is 23.1. The Kier molecular flexibility index (Phi) is 5.25. The molecule has 2 atom stereocenters. The van der Waals surface area contributed by atoms with E-state index in [9.17, 15) is 14.7 Å². The van der Waals surface area contributed by atoms with Crippen LogP contribution in [0.5, 0.6) is 0 Å². The van der Waals surface area contributed by atoms with Crippen LogP contribution in [0.25, 0.3) is 0 Å². The second kappa shape index (κ2) is 6.29. The van der Waals surface area contributed by atoms with Gasteiger partial charge in [-0.1, -0.05) is 12.2 Å². The van der Waals surface area contributed by atoms with Gasteiger partial charge in [0, 0.05) is 6.54 Å². The van der Waals surface area contributed by atoms with E-state index in [0.29, 0.717) is 24.2 Å². The summed E-state index contributed by atoms with van der Waals surface area (Å²) in [5.74, 6) is 0. The van der Waals surface area contributed by atoms with Crippen LogP contribution in [0.15, 0.2) is 0 Å². The molecule has 1 heterocycles. The highest BCUT2D eigenvalue weighted by molar-refractivity contribution is 7.80. The SMILES string of the molecule is CC(C)(C)OC(=O)NCC(=S)N1CC[C@H](O)[C@H]1C=O. The molecule has 108 valence electrons. The Morgan fingerprint density at radius 2 is 2.21 bits per heavy atom. The fraction of sp³-hybridized carbons (Fsp3) is 0.750. The van der Waals surface area contributed by atoms with Crippen molar-refractivity contribution in [2.45, 2.75) is 44.9 Å². The van der Waals surface area contributed by atoms with E-state index < -0.39 is 23.8 Å². The fourth-order valence-corrected chi connectivity index (χ4v) is 2.10. The molecule has 0 bridgehead atoms. The Hall–Kier alpha value is -1.21. The van der Waals surface area contributed by atoms with Gasteiger partial charge < -0.3 is 24.9 Å². The highest BCUT2D eigenvalue weighted by Gasteiger charge is 2.33. The predicted molar refractivity (Wildman–Crippen MR) is 74.0 cm³/mol. The van der Waals surface area contributed by atoms with Crippen molar-refractivity contribution in [3.63, 3.8) is 0 Å². The van der Waals surface area contributed by atoms with Gasteiger partial charge in [-0.2, -0.15) is 0 Å². The van der Waals surface area contributed by atoms with Gasteiger partial charge in [0.05, 0.1) is 17.6 Å². The van der Waals surface area contributed by atoms with Crippen LogP contribution < -0.4 is 5.32 Å². The number of likely N-dealkylation sites (tertiary alicyclic amines) is 1. The molecule has 0 saturated carbocycles. The molecule has 19 heavy (non-hydrogen) atoms. The number of aliphatic hydroxyl groups is 1. The van der Waals surface area contributed by atoms with E-state index in [4.69, 9.17) is 17.0 Å². The van der Waals surface area contributed by atoms with Gasteiger partial charge in [0.2, 0.25) is 0 Å². The van der Waals surface area contributed by atoms with Gasteiger partial charge in [-0.05, 0) is 27.2 Å². The van der Waals surface area contributed by atoms with Gasteiger partial charge in [0.25, 0.3) is 0 Å². The number of hydrogen-bond donors (Lipinski definition) is 2. The van der Waals surface area contributed by atoms with Crippen molar-refractivity contribution in [1.29, 1.82) is 0 Å². The van der Waals surface area contributed by atoms with Crippen molar-refractivity contribution in [2.75, 3.05) is 13.1 Å². The summed E-state index contributed by atoms with van der Waals surface area (Å²) < 4.78 is 5.08. The molecule has 0 spiro atoms. The third kappa shape index (κ3) is 4.76. The maximum absolute atomic E-state index is 11.5. The molecule has 1 aliphatic rings. The summed E-state index contributed by atoms with van der Waals surface area (Å²) in [7, 11) is 0. The molecule has 0 aromatic rings. The van der Waals surface area contributed by atoms with E-state index in [0.717, 1.165) is 0 Å². The van der Waals surface area contributed by atoms with Crippen LogP contribution in [0.3, 0.4) is 0 Å². The van der Waals surface area contributed by atoms with Crippen molar-refractivity contribution in [1.82, 2.24) is 10.2 Å². The van der Waals surface area contributed by atoms with E-state index in [1.54, 1.807) is 25.7 Å². The lowest BCUT2D eigenvalue weighted by molar-refractivity contribution is -0.112. The number of aliphatic hydroxyl groups excluding tert-OH is 1. The summed E-state index contributed by atoms with van der Waals surface area (Å²) in [6, 6.07) is -0.618. The van der Waals surface area contributed by atoms with E-state index in [1.165, 1.54) is 0 Å². The molecule has 0 unspecified atom stereocenters. The number of ether oxygens (including phenoxy) is 1. The minimum atomic E-state index is -0.697. The first-order valence-corrected chi connectivity index (χ1v) is 6.55. The zero-order chi connectivity index (χ0) is 14.6. The van der Waals surface area contributed by atoms with Crippen LogP contribution in [0.1, 0.15) is 27.2 Å². The van der Waals surface area contributed by atoms with Gasteiger partial charge in [-0.3, -0.25) is 0 Å². The average Bonchev–Trinajstić information content (AvgIpc) is 2.65. The van der Waals surface area contributed by atoms with Crippen molar-refractivity contribution in [3.05, 3.63) is 0 Å². The number of aldehydes is 1. The number of hydrogen-bond acceptors (Lipinski definition) is 5. The Balaban J connectivity index is 2.44. The Labute approximate surface area is 118 Å². The van der Waals surface area contributed by atoms with E-state index >= 15 is 0 Å². The van der Waals surface area contributed by atoms with Crippen molar-refractivity contribution < 1.29 is 19.4 Å². The second-order valence-corrected chi connectivity index (χ2v) is 5.90. The zero-order valence-corrected chi connectivity index (χ0v) is 12.2. The van der Waals surface area contributed by atoms with Gasteiger partial charge in [-0.25, -0.2) is 4.79 Å². The maximum atomic E-state index is 11.5. The lowest BCUT2D eigenvalue weighted by atomic mass is 10.2. The van der Waals surface area contributed by atoms with Crippen LogP contribution in [0, 0.1) is 0 Å². The summed E-state index contributed by atoms with van der Waals surface area (Å²) in [4.78, 5) is 24.4. The molecule has 1 rings (SSSR count). The van der Waals surface area contributed by atoms with Crippen LogP contribution in [0.4, 0.5) is 4.79 Å². The molecule has 1 amide bonds. The number of thiocarbonyl (C=S) groups is 1. The standard InChI is InChI=1S/C12H20N2O4S/c1-12(2,3)18-11(17)13-6-10(19)14-5-4-9(16)8(14)7-15/h7-9,16H,4-6H2,1-3H3,(H,13,17)/t8-,9+/m1/s1. The van der Waals surface area contributed by atoms with E-state index in [-0.39, 0.29) is 6.54 Å². The first-order chi connectivity index (χ1) is 8.74. The van der Waals surface area contributed by atoms with Gasteiger partial charge in [0.15, 0.2) is 0 Å². The van der Waals surface area contributed by atoms with E-state index in [1.807, 2.05) is 0 Å². The summed E-state index contributed by atoms with van der Waals surface area (Å²) in [5.41, 5.74) is -0.569. The molecule has 0 aliphatic carbocycles. The first-order valence-electron chi connectivity index (χ1n) is 6.14. The van der Waals surface area contributed by atoms with Crippen molar-refractivity contribution in [3.8, 4) is 0 Å². The van der Waals surface area contributed by atoms with Crippen molar-refractivity contribution >= 4 is 29.6 Å². The Bertz CT molecular complexity index is 367. The van der Waals surface area contributed by atoms with Gasteiger partial charge in [0.1, 0.15) is 17.9 Å². The number of alkyl carbamates (subject to hydrolysis) is 1. The molecule has 2 N–H and O–H groups in total. The van der Waals surface area contributed by atoms with Crippen LogP contribution in [0.2, 0.25) is 0 Å². The number of nitrogens with zero attached hydrogens (tertiary/aromatic N) is 1. The third-order valence-electron chi connectivity index (χ3n) is 2.66. The second-order valence-electron chi connectivity index (χ2n) is 5.43.